The Morgan fingerprint density at radius 2 is 1.65 bits per heavy atom. The lowest BCUT2D eigenvalue weighted by molar-refractivity contribution is 0.869. The highest BCUT2D eigenvalue weighted by molar-refractivity contribution is 5.60. The van der Waals surface area contributed by atoms with E-state index in [9.17, 15) is 0 Å². The van der Waals surface area contributed by atoms with Crippen LogP contribution in [0.5, 0.6) is 0 Å². The zero-order valence-corrected chi connectivity index (χ0v) is 13.1. The van der Waals surface area contributed by atoms with Gasteiger partial charge in [-0.15, -0.1) is 0 Å². The molecular weight excluding hydrogens is 288 g/mol. The first-order valence-electron chi connectivity index (χ1n) is 7.46. The maximum Gasteiger partial charge on any atom is 0.232 e. The van der Waals surface area contributed by atoms with Crippen LogP contribution in [0.3, 0.4) is 0 Å². The van der Waals surface area contributed by atoms with Crippen LogP contribution in [0.4, 0.5) is 17.6 Å². The number of nitrogens with one attached hydrogen (secondary N) is 2. The van der Waals surface area contributed by atoms with E-state index in [0.29, 0.717) is 17.7 Å². The van der Waals surface area contributed by atoms with Crippen molar-refractivity contribution in [1.29, 1.82) is 0 Å². The summed E-state index contributed by atoms with van der Waals surface area (Å²) in [6.07, 6.45) is 3.46. The smallest absolute Gasteiger partial charge is 0.232 e. The van der Waals surface area contributed by atoms with Crippen molar-refractivity contribution in [2.75, 3.05) is 10.6 Å². The van der Waals surface area contributed by atoms with E-state index in [-0.39, 0.29) is 6.04 Å². The Balaban J connectivity index is 1.98. The summed E-state index contributed by atoms with van der Waals surface area (Å²) in [7, 11) is 0. The van der Waals surface area contributed by atoms with Crippen LogP contribution in [0.2, 0.25) is 0 Å². The molecule has 2 aromatic heterocycles. The highest BCUT2D eigenvalue weighted by atomic mass is 15.2. The average Bonchev–Trinajstić information content (AvgIpc) is 2.56. The summed E-state index contributed by atoms with van der Waals surface area (Å²) >= 11 is 0. The van der Waals surface area contributed by atoms with Gasteiger partial charge in [-0.2, -0.15) is 15.0 Å². The minimum Gasteiger partial charge on any atom is -0.352 e. The Bertz CT molecular complexity index is 759. The zero-order chi connectivity index (χ0) is 16.1. The van der Waals surface area contributed by atoms with Crippen molar-refractivity contribution in [2.45, 2.75) is 19.9 Å². The molecule has 2 heterocycles. The fourth-order valence-corrected chi connectivity index (χ4v) is 2.03. The van der Waals surface area contributed by atoms with E-state index in [4.69, 9.17) is 0 Å². The van der Waals surface area contributed by atoms with Gasteiger partial charge in [-0.05, 0) is 38.1 Å². The van der Waals surface area contributed by atoms with Crippen molar-refractivity contribution >= 4 is 17.6 Å². The second-order valence-corrected chi connectivity index (χ2v) is 5.34. The van der Waals surface area contributed by atoms with Gasteiger partial charge in [0.2, 0.25) is 11.9 Å². The zero-order valence-electron chi connectivity index (χ0n) is 13.1. The molecule has 23 heavy (non-hydrogen) atoms. The van der Waals surface area contributed by atoms with Crippen LogP contribution < -0.4 is 10.6 Å². The van der Waals surface area contributed by atoms with E-state index in [1.165, 1.54) is 0 Å². The standard InChI is InChI=1S/C17H18N6/c1-12(2)19-16-21-15(13-7-6-10-18-11-13)22-17(23-16)20-14-8-4-3-5-9-14/h3-12H,1-2H3,(H2,19,20,21,22,23). The lowest BCUT2D eigenvalue weighted by Crippen LogP contribution is -2.14. The van der Waals surface area contributed by atoms with Crippen LogP contribution in [-0.4, -0.2) is 26.0 Å². The first kappa shape index (κ1) is 14.9. The quantitative estimate of drug-likeness (QED) is 0.751. The summed E-state index contributed by atoms with van der Waals surface area (Å²) in [5, 5.41) is 6.42. The monoisotopic (exact) mass is 306 g/mol. The fraction of sp³-hybridized carbons (Fsp3) is 0.176. The van der Waals surface area contributed by atoms with E-state index in [1.807, 2.05) is 56.3 Å². The maximum atomic E-state index is 4.49. The van der Waals surface area contributed by atoms with Gasteiger partial charge in [-0.3, -0.25) is 4.98 Å². The highest BCUT2D eigenvalue weighted by Gasteiger charge is 2.09. The molecule has 0 amide bonds. The van der Waals surface area contributed by atoms with Gasteiger partial charge in [0, 0.05) is 29.7 Å². The summed E-state index contributed by atoms with van der Waals surface area (Å²) in [5.41, 5.74) is 1.77. The maximum absolute atomic E-state index is 4.49. The van der Waals surface area contributed by atoms with Gasteiger partial charge in [0.1, 0.15) is 0 Å². The Kier molecular flexibility index (Phi) is 4.42. The molecule has 0 saturated heterocycles. The third kappa shape index (κ3) is 4.00. The van der Waals surface area contributed by atoms with Crippen LogP contribution in [-0.2, 0) is 0 Å². The van der Waals surface area contributed by atoms with Crippen LogP contribution in [0.15, 0.2) is 54.9 Å². The lowest BCUT2D eigenvalue weighted by atomic mass is 10.3. The van der Waals surface area contributed by atoms with Gasteiger partial charge < -0.3 is 10.6 Å². The van der Waals surface area contributed by atoms with Crippen LogP contribution in [0.1, 0.15) is 13.8 Å². The van der Waals surface area contributed by atoms with Gasteiger partial charge in [-0.25, -0.2) is 0 Å². The molecule has 3 aromatic rings. The molecule has 0 bridgehead atoms. The largest absolute Gasteiger partial charge is 0.352 e. The number of hydrogen-bond donors (Lipinski definition) is 2. The molecule has 1 aromatic carbocycles. The van der Waals surface area contributed by atoms with E-state index in [0.717, 1.165) is 11.3 Å². The van der Waals surface area contributed by atoms with Crippen molar-refractivity contribution in [2.24, 2.45) is 0 Å². The number of anilines is 3. The summed E-state index contributed by atoms with van der Waals surface area (Å²) < 4.78 is 0. The molecule has 0 radical (unpaired) electrons. The lowest BCUT2D eigenvalue weighted by Gasteiger charge is -2.12. The van der Waals surface area contributed by atoms with E-state index in [1.54, 1.807) is 12.4 Å². The number of aromatic nitrogens is 4. The van der Waals surface area contributed by atoms with Crippen molar-refractivity contribution in [3.05, 3.63) is 54.9 Å². The molecule has 0 aliphatic carbocycles. The number of hydrogen-bond acceptors (Lipinski definition) is 6. The van der Waals surface area contributed by atoms with Crippen LogP contribution in [0.25, 0.3) is 11.4 Å². The first-order valence-corrected chi connectivity index (χ1v) is 7.46. The Morgan fingerprint density at radius 3 is 2.35 bits per heavy atom. The molecule has 6 heteroatoms. The molecule has 116 valence electrons. The predicted octanol–water partition coefficient (Wildman–Crippen LogP) is 3.50. The fourth-order valence-electron chi connectivity index (χ4n) is 2.03. The number of para-hydroxylation sites is 1. The van der Waals surface area contributed by atoms with Gasteiger partial charge in [-0.1, -0.05) is 18.2 Å². The molecule has 0 saturated carbocycles. The third-order valence-corrected chi connectivity index (χ3v) is 3.00. The summed E-state index contributed by atoms with van der Waals surface area (Å²) in [6, 6.07) is 13.8. The molecule has 6 nitrogen and oxygen atoms in total. The molecule has 0 unspecified atom stereocenters. The van der Waals surface area contributed by atoms with Crippen molar-refractivity contribution < 1.29 is 0 Å². The molecule has 0 spiro atoms. The Hall–Kier alpha value is -3.02. The van der Waals surface area contributed by atoms with E-state index in [2.05, 4.69) is 30.6 Å². The first-order chi connectivity index (χ1) is 11.2. The Labute approximate surface area is 135 Å². The molecule has 0 fully saturated rings. The molecule has 0 aliphatic heterocycles. The Morgan fingerprint density at radius 1 is 0.870 bits per heavy atom. The van der Waals surface area contributed by atoms with Crippen molar-refractivity contribution in [3.63, 3.8) is 0 Å². The second kappa shape index (κ2) is 6.83. The molecule has 3 rings (SSSR count). The van der Waals surface area contributed by atoms with Gasteiger partial charge in [0.05, 0.1) is 0 Å². The average molecular weight is 306 g/mol. The number of nitrogens with zero attached hydrogens (tertiary/aromatic N) is 4. The summed E-state index contributed by atoms with van der Waals surface area (Å²) in [6.45, 7) is 4.08. The second-order valence-electron chi connectivity index (χ2n) is 5.34. The number of rotatable bonds is 5. The molecule has 0 atom stereocenters. The van der Waals surface area contributed by atoms with Gasteiger partial charge in [0.25, 0.3) is 0 Å². The third-order valence-electron chi connectivity index (χ3n) is 3.00. The summed E-state index contributed by atoms with van der Waals surface area (Å²) in [5.74, 6) is 1.61. The van der Waals surface area contributed by atoms with Gasteiger partial charge in [0.15, 0.2) is 5.82 Å². The molecule has 0 aliphatic rings. The van der Waals surface area contributed by atoms with Crippen LogP contribution >= 0.6 is 0 Å². The minimum atomic E-state index is 0.226. The van der Waals surface area contributed by atoms with Crippen LogP contribution in [0, 0.1) is 0 Å². The summed E-state index contributed by atoms with van der Waals surface area (Å²) in [4.78, 5) is 17.5. The van der Waals surface area contributed by atoms with E-state index < -0.39 is 0 Å². The normalized spacial score (nSPS) is 10.6. The predicted molar refractivity (Wildman–Crippen MR) is 91.5 cm³/mol. The molecular formula is C17H18N6. The highest BCUT2D eigenvalue weighted by Crippen LogP contribution is 2.19. The van der Waals surface area contributed by atoms with E-state index >= 15 is 0 Å². The SMILES string of the molecule is CC(C)Nc1nc(Nc2ccccc2)nc(-c2cccnc2)n1. The minimum absolute atomic E-state index is 0.226. The van der Waals surface area contributed by atoms with Crippen molar-refractivity contribution in [3.8, 4) is 11.4 Å². The van der Waals surface area contributed by atoms with Gasteiger partial charge >= 0.3 is 0 Å². The topological polar surface area (TPSA) is 75.6 Å². The number of benzene rings is 1. The van der Waals surface area contributed by atoms with Crippen molar-refractivity contribution in [1.82, 2.24) is 19.9 Å². The number of pyridine rings is 1. The molecule has 2 N–H and O–H groups in total.